The maximum Gasteiger partial charge on any atom is 0.160 e. The lowest BCUT2D eigenvalue weighted by Crippen LogP contribution is -2.32. The fraction of sp³-hybridized carbons (Fsp3) is 0.0213. The molecule has 0 saturated carbocycles. The second-order valence-electron chi connectivity index (χ2n) is 12.9. The van der Waals surface area contributed by atoms with Crippen molar-refractivity contribution in [2.75, 3.05) is 0 Å². The van der Waals surface area contributed by atoms with Crippen LogP contribution < -0.4 is 4.74 Å². The first-order valence-corrected chi connectivity index (χ1v) is 17.0. The van der Waals surface area contributed by atoms with Gasteiger partial charge in [0.25, 0.3) is 0 Å². The SMILES string of the molecule is c1ccc(-c2ccc(-c3cc(-c4ccccc4)nc(-c4ccc5c(c4)C4(c6ccccc6O5)c5ccccc5-c5ccccc54)n3)cc2)cc1. The van der Waals surface area contributed by atoms with Crippen molar-refractivity contribution < 1.29 is 4.74 Å². The van der Waals surface area contributed by atoms with Gasteiger partial charge in [0.15, 0.2) is 5.82 Å². The maximum absolute atomic E-state index is 6.68. The zero-order chi connectivity index (χ0) is 33.1. The predicted octanol–water partition coefficient (Wildman–Crippen LogP) is 11.6. The van der Waals surface area contributed by atoms with E-state index in [-0.39, 0.29) is 0 Å². The molecule has 3 heteroatoms. The molecule has 0 fully saturated rings. The Morgan fingerprint density at radius 1 is 0.340 bits per heavy atom. The normalized spacial score (nSPS) is 13.1. The molecule has 3 nitrogen and oxygen atoms in total. The van der Waals surface area contributed by atoms with Gasteiger partial charge in [0.05, 0.1) is 16.8 Å². The van der Waals surface area contributed by atoms with Gasteiger partial charge in [0.2, 0.25) is 0 Å². The molecular formula is C47H30N2O. The van der Waals surface area contributed by atoms with Crippen molar-refractivity contribution in [2.45, 2.75) is 5.41 Å². The van der Waals surface area contributed by atoms with E-state index in [2.05, 4.69) is 170 Å². The summed E-state index contributed by atoms with van der Waals surface area (Å²) in [5.41, 5.74) is 13.8. The second kappa shape index (κ2) is 11.3. The maximum atomic E-state index is 6.68. The van der Waals surface area contributed by atoms with Gasteiger partial charge in [0, 0.05) is 27.8 Å². The minimum absolute atomic E-state index is 0.555. The third-order valence-corrected chi connectivity index (χ3v) is 10.2. The Morgan fingerprint density at radius 2 is 0.800 bits per heavy atom. The molecule has 0 atom stereocenters. The average Bonchev–Trinajstić information content (AvgIpc) is 3.49. The van der Waals surface area contributed by atoms with Crippen LogP contribution in [0.5, 0.6) is 11.5 Å². The summed E-state index contributed by atoms with van der Waals surface area (Å²) in [4.78, 5) is 10.5. The lowest BCUT2D eigenvalue weighted by Gasteiger charge is -2.39. The molecular weight excluding hydrogens is 609 g/mol. The fourth-order valence-electron chi connectivity index (χ4n) is 7.94. The minimum atomic E-state index is -0.555. The van der Waals surface area contributed by atoms with Gasteiger partial charge in [-0.2, -0.15) is 0 Å². The highest BCUT2D eigenvalue weighted by molar-refractivity contribution is 5.89. The Morgan fingerprint density at radius 3 is 1.46 bits per heavy atom. The summed E-state index contributed by atoms with van der Waals surface area (Å²) in [6.45, 7) is 0. The van der Waals surface area contributed by atoms with Crippen LogP contribution in [0.25, 0.3) is 56.2 Å². The molecule has 7 aromatic carbocycles. The molecule has 0 N–H and O–H groups in total. The summed E-state index contributed by atoms with van der Waals surface area (Å²) in [7, 11) is 0. The topological polar surface area (TPSA) is 35.0 Å². The number of nitrogens with zero attached hydrogens (tertiary/aromatic N) is 2. The highest BCUT2D eigenvalue weighted by atomic mass is 16.5. The van der Waals surface area contributed by atoms with Crippen molar-refractivity contribution >= 4 is 0 Å². The molecule has 0 unspecified atom stereocenters. The van der Waals surface area contributed by atoms with E-state index in [9.17, 15) is 0 Å². The molecule has 1 aliphatic heterocycles. The second-order valence-corrected chi connectivity index (χ2v) is 12.9. The average molecular weight is 639 g/mol. The highest BCUT2D eigenvalue weighted by Gasteiger charge is 2.51. The van der Waals surface area contributed by atoms with Crippen molar-refractivity contribution in [1.82, 2.24) is 9.97 Å². The van der Waals surface area contributed by atoms with Gasteiger partial charge in [-0.1, -0.05) is 152 Å². The van der Waals surface area contributed by atoms with Gasteiger partial charge in [-0.05, 0) is 63.7 Å². The van der Waals surface area contributed by atoms with Gasteiger partial charge in [-0.15, -0.1) is 0 Å². The van der Waals surface area contributed by atoms with Gasteiger partial charge in [-0.3, -0.25) is 0 Å². The van der Waals surface area contributed by atoms with Crippen molar-refractivity contribution in [1.29, 1.82) is 0 Å². The lowest BCUT2D eigenvalue weighted by molar-refractivity contribution is 0.436. The molecule has 1 aromatic heterocycles. The smallest absolute Gasteiger partial charge is 0.160 e. The molecule has 0 amide bonds. The number of para-hydroxylation sites is 1. The molecule has 10 rings (SSSR count). The van der Waals surface area contributed by atoms with Crippen LogP contribution in [0.4, 0.5) is 0 Å². The number of hydrogen-bond donors (Lipinski definition) is 0. The van der Waals surface area contributed by atoms with Crippen LogP contribution in [-0.4, -0.2) is 9.97 Å². The van der Waals surface area contributed by atoms with Gasteiger partial charge in [0.1, 0.15) is 11.5 Å². The van der Waals surface area contributed by atoms with E-state index in [0.717, 1.165) is 50.7 Å². The van der Waals surface area contributed by atoms with Crippen molar-refractivity contribution in [3.63, 3.8) is 0 Å². The third-order valence-electron chi connectivity index (χ3n) is 10.2. The summed E-state index contributed by atoms with van der Waals surface area (Å²) < 4.78 is 6.68. The van der Waals surface area contributed by atoms with E-state index in [0.29, 0.717) is 5.82 Å². The first-order chi connectivity index (χ1) is 24.8. The number of fused-ring (bicyclic) bond motifs is 9. The molecule has 2 heterocycles. The van der Waals surface area contributed by atoms with Crippen LogP contribution >= 0.6 is 0 Å². The third kappa shape index (κ3) is 4.30. The number of aromatic nitrogens is 2. The molecule has 8 aromatic rings. The van der Waals surface area contributed by atoms with Crippen LogP contribution in [0.3, 0.4) is 0 Å². The molecule has 0 bridgehead atoms. The lowest BCUT2D eigenvalue weighted by atomic mass is 9.66. The van der Waals surface area contributed by atoms with Crippen LogP contribution in [0.15, 0.2) is 182 Å². The number of benzene rings is 7. The summed E-state index contributed by atoms with van der Waals surface area (Å²) in [6, 6.07) is 64.1. The molecule has 50 heavy (non-hydrogen) atoms. The Bertz CT molecular complexity index is 2510. The molecule has 1 aliphatic carbocycles. The Kier molecular flexibility index (Phi) is 6.40. The van der Waals surface area contributed by atoms with E-state index in [1.165, 1.54) is 33.4 Å². The van der Waals surface area contributed by atoms with Crippen molar-refractivity contribution in [3.8, 4) is 67.7 Å². The quantitative estimate of drug-likeness (QED) is 0.192. The molecule has 0 radical (unpaired) electrons. The van der Waals surface area contributed by atoms with Crippen molar-refractivity contribution in [2.24, 2.45) is 0 Å². The van der Waals surface area contributed by atoms with E-state index in [4.69, 9.17) is 14.7 Å². The fourth-order valence-corrected chi connectivity index (χ4v) is 7.94. The summed E-state index contributed by atoms with van der Waals surface area (Å²) in [5, 5.41) is 0. The van der Waals surface area contributed by atoms with Crippen LogP contribution in [0.1, 0.15) is 22.3 Å². The van der Waals surface area contributed by atoms with Crippen molar-refractivity contribution in [3.05, 3.63) is 204 Å². The van der Waals surface area contributed by atoms with E-state index in [1.54, 1.807) is 0 Å². The molecule has 2 aliphatic rings. The standard InChI is InChI=1S/C47H30N2O/c1-3-13-31(14-4-1)32-23-25-34(26-24-32)43-30-42(33-15-5-2-6-16-33)48-46(49-43)35-27-28-45-41(29-35)47(40-21-11-12-22-44(40)50-45)38-19-9-7-17-36(38)37-18-8-10-20-39(37)47/h1-30H. The Balaban J connectivity index is 1.18. The van der Waals surface area contributed by atoms with Crippen LogP contribution in [0.2, 0.25) is 0 Å². The van der Waals surface area contributed by atoms with Gasteiger partial charge >= 0.3 is 0 Å². The number of ether oxygens (including phenoxy) is 1. The van der Waals surface area contributed by atoms with Crippen LogP contribution in [0, 0.1) is 0 Å². The molecule has 1 spiro atoms. The summed E-state index contributed by atoms with van der Waals surface area (Å²) >= 11 is 0. The molecule has 0 saturated heterocycles. The summed E-state index contributed by atoms with van der Waals surface area (Å²) in [6.07, 6.45) is 0. The summed E-state index contributed by atoms with van der Waals surface area (Å²) in [5.74, 6) is 2.39. The number of rotatable bonds is 4. The number of hydrogen-bond acceptors (Lipinski definition) is 3. The van der Waals surface area contributed by atoms with Gasteiger partial charge in [-0.25, -0.2) is 9.97 Å². The van der Waals surface area contributed by atoms with E-state index < -0.39 is 5.41 Å². The Labute approximate surface area is 291 Å². The van der Waals surface area contributed by atoms with Gasteiger partial charge < -0.3 is 4.74 Å². The minimum Gasteiger partial charge on any atom is -0.457 e. The Hall–Kier alpha value is -6.58. The van der Waals surface area contributed by atoms with Crippen LogP contribution in [-0.2, 0) is 5.41 Å². The van der Waals surface area contributed by atoms with E-state index >= 15 is 0 Å². The zero-order valence-electron chi connectivity index (χ0n) is 27.1. The predicted molar refractivity (Wildman–Crippen MR) is 201 cm³/mol. The monoisotopic (exact) mass is 638 g/mol. The largest absolute Gasteiger partial charge is 0.457 e. The van der Waals surface area contributed by atoms with E-state index in [1.807, 2.05) is 12.1 Å². The highest BCUT2D eigenvalue weighted by Crippen LogP contribution is 2.62. The first-order valence-electron chi connectivity index (χ1n) is 17.0. The molecule has 234 valence electrons. The zero-order valence-corrected chi connectivity index (χ0v) is 27.1. The first kappa shape index (κ1) is 28.4.